The molecule has 0 bridgehead atoms. The maximum absolute atomic E-state index is 13.0. The minimum absolute atomic E-state index is 0.141. The molecule has 25 heavy (non-hydrogen) atoms. The predicted molar refractivity (Wildman–Crippen MR) is 96.9 cm³/mol. The first-order valence-electron chi connectivity index (χ1n) is 7.92. The van der Waals surface area contributed by atoms with Crippen molar-refractivity contribution in [2.24, 2.45) is 0 Å². The van der Waals surface area contributed by atoms with Gasteiger partial charge in [-0.1, -0.05) is 11.6 Å². The van der Waals surface area contributed by atoms with E-state index in [9.17, 15) is 9.18 Å². The van der Waals surface area contributed by atoms with Crippen LogP contribution in [0.1, 0.15) is 10.4 Å². The normalized spacial score (nSPS) is 14.5. The zero-order chi connectivity index (χ0) is 18.0. The lowest BCUT2D eigenvalue weighted by Crippen LogP contribution is -2.48. The van der Waals surface area contributed by atoms with Crippen LogP contribution in [0.15, 0.2) is 36.4 Å². The van der Waals surface area contributed by atoms with Gasteiger partial charge in [-0.2, -0.15) is 0 Å². The molecule has 5 nitrogen and oxygen atoms in total. The average Bonchev–Trinajstić information content (AvgIpc) is 2.64. The van der Waals surface area contributed by atoms with Gasteiger partial charge in [0.15, 0.2) is 0 Å². The Balaban J connectivity index is 1.71. The van der Waals surface area contributed by atoms with Crippen LogP contribution in [0.3, 0.4) is 0 Å². The number of anilines is 2. The van der Waals surface area contributed by atoms with Crippen molar-refractivity contribution in [1.29, 1.82) is 0 Å². The summed E-state index contributed by atoms with van der Waals surface area (Å²) in [7, 11) is 1.49. The number of halogens is 2. The van der Waals surface area contributed by atoms with E-state index < -0.39 is 0 Å². The first-order valence-corrected chi connectivity index (χ1v) is 8.30. The number of amides is 1. The molecule has 0 atom stereocenters. The summed E-state index contributed by atoms with van der Waals surface area (Å²) < 4.78 is 18.3. The van der Waals surface area contributed by atoms with Crippen molar-refractivity contribution in [3.05, 3.63) is 52.8 Å². The standard InChI is InChI=1S/C18H19ClFN3O2/c1-25-17-11-16(21)15(19)10-14(17)18(24)23-8-6-22(7-9-23)13-4-2-12(20)3-5-13/h2-5,10-11H,6-9,21H2,1H3. The highest BCUT2D eigenvalue weighted by atomic mass is 35.5. The first-order chi connectivity index (χ1) is 12.0. The van der Waals surface area contributed by atoms with Gasteiger partial charge in [-0.15, -0.1) is 0 Å². The van der Waals surface area contributed by atoms with Gasteiger partial charge < -0.3 is 20.3 Å². The van der Waals surface area contributed by atoms with E-state index in [1.807, 2.05) is 0 Å². The molecule has 1 aliphatic rings. The third kappa shape index (κ3) is 3.64. The van der Waals surface area contributed by atoms with E-state index in [1.54, 1.807) is 29.2 Å². The number of methoxy groups -OCH3 is 1. The van der Waals surface area contributed by atoms with E-state index in [-0.39, 0.29) is 11.7 Å². The molecule has 2 aromatic carbocycles. The van der Waals surface area contributed by atoms with Crippen LogP contribution in [0.2, 0.25) is 5.02 Å². The Labute approximate surface area is 150 Å². The van der Waals surface area contributed by atoms with Gasteiger partial charge in [0, 0.05) is 37.9 Å². The summed E-state index contributed by atoms with van der Waals surface area (Å²) in [5, 5.41) is 0.328. The number of nitrogens with zero attached hydrogens (tertiary/aromatic N) is 2. The van der Waals surface area contributed by atoms with Crippen LogP contribution < -0.4 is 15.4 Å². The highest BCUT2D eigenvalue weighted by Gasteiger charge is 2.25. The molecule has 7 heteroatoms. The lowest BCUT2D eigenvalue weighted by atomic mass is 10.1. The number of hydrogen-bond donors (Lipinski definition) is 1. The molecule has 2 aromatic rings. The van der Waals surface area contributed by atoms with Gasteiger partial charge in [0.1, 0.15) is 11.6 Å². The van der Waals surface area contributed by atoms with Crippen molar-refractivity contribution < 1.29 is 13.9 Å². The number of hydrogen-bond acceptors (Lipinski definition) is 4. The second-order valence-electron chi connectivity index (χ2n) is 5.83. The zero-order valence-corrected chi connectivity index (χ0v) is 14.6. The zero-order valence-electron chi connectivity index (χ0n) is 13.8. The Bertz CT molecular complexity index is 775. The quantitative estimate of drug-likeness (QED) is 0.851. The Morgan fingerprint density at radius 1 is 1.16 bits per heavy atom. The molecule has 0 saturated carbocycles. The molecule has 1 saturated heterocycles. The van der Waals surface area contributed by atoms with Crippen LogP contribution in [-0.2, 0) is 0 Å². The highest BCUT2D eigenvalue weighted by molar-refractivity contribution is 6.33. The topological polar surface area (TPSA) is 58.8 Å². The second kappa shape index (κ2) is 7.19. The van der Waals surface area contributed by atoms with Crippen molar-refractivity contribution in [1.82, 2.24) is 4.90 Å². The number of nitrogens with two attached hydrogens (primary N) is 1. The molecule has 132 valence electrons. The summed E-state index contributed by atoms with van der Waals surface area (Å²) in [5.74, 6) is 0.00950. The summed E-state index contributed by atoms with van der Waals surface area (Å²) >= 11 is 6.05. The molecule has 0 aromatic heterocycles. The van der Waals surface area contributed by atoms with E-state index in [2.05, 4.69) is 4.90 Å². The highest BCUT2D eigenvalue weighted by Crippen LogP contribution is 2.30. The molecule has 2 N–H and O–H groups in total. The van der Waals surface area contributed by atoms with Crippen molar-refractivity contribution in [2.75, 3.05) is 43.9 Å². The van der Waals surface area contributed by atoms with E-state index in [0.29, 0.717) is 48.2 Å². The number of nitrogen functional groups attached to an aromatic ring is 1. The van der Waals surface area contributed by atoms with Crippen molar-refractivity contribution in [3.8, 4) is 5.75 Å². The monoisotopic (exact) mass is 363 g/mol. The molecule has 1 amide bonds. The minimum Gasteiger partial charge on any atom is -0.496 e. The van der Waals surface area contributed by atoms with Gasteiger partial charge in [-0.25, -0.2) is 4.39 Å². The van der Waals surface area contributed by atoms with Gasteiger partial charge in [0.2, 0.25) is 0 Å². The van der Waals surface area contributed by atoms with E-state index >= 15 is 0 Å². The van der Waals surface area contributed by atoms with Gasteiger partial charge in [0.05, 0.1) is 23.4 Å². The van der Waals surface area contributed by atoms with Gasteiger partial charge in [-0.05, 0) is 30.3 Å². The molecule has 0 radical (unpaired) electrons. The summed E-state index contributed by atoms with van der Waals surface area (Å²) in [6, 6.07) is 9.47. The van der Waals surface area contributed by atoms with E-state index in [4.69, 9.17) is 22.1 Å². The van der Waals surface area contributed by atoms with Crippen LogP contribution in [0.25, 0.3) is 0 Å². The summed E-state index contributed by atoms with van der Waals surface area (Å²) in [4.78, 5) is 16.7. The Morgan fingerprint density at radius 2 is 1.80 bits per heavy atom. The van der Waals surface area contributed by atoms with Crippen LogP contribution >= 0.6 is 11.6 Å². The third-order valence-electron chi connectivity index (χ3n) is 4.31. The molecule has 0 unspecified atom stereocenters. The Morgan fingerprint density at radius 3 is 2.40 bits per heavy atom. The lowest BCUT2D eigenvalue weighted by Gasteiger charge is -2.36. The fraction of sp³-hybridized carbons (Fsp3) is 0.278. The van der Waals surface area contributed by atoms with Crippen LogP contribution in [0.4, 0.5) is 15.8 Å². The van der Waals surface area contributed by atoms with Gasteiger partial charge in [-0.3, -0.25) is 4.79 Å². The number of rotatable bonds is 3. The largest absolute Gasteiger partial charge is 0.496 e. The van der Waals surface area contributed by atoms with Crippen molar-refractivity contribution in [3.63, 3.8) is 0 Å². The van der Waals surface area contributed by atoms with E-state index in [0.717, 1.165) is 5.69 Å². The van der Waals surface area contributed by atoms with E-state index in [1.165, 1.54) is 19.2 Å². The molecule has 1 heterocycles. The average molecular weight is 364 g/mol. The molecule has 0 aliphatic carbocycles. The first kappa shape index (κ1) is 17.4. The predicted octanol–water partition coefficient (Wildman–Crippen LogP) is 3.03. The Hall–Kier alpha value is -2.47. The summed E-state index contributed by atoms with van der Waals surface area (Å²) in [6.07, 6.45) is 0. The van der Waals surface area contributed by atoms with Crippen molar-refractivity contribution in [2.45, 2.75) is 0 Å². The molecular formula is C18H19ClFN3O2. The SMILES string of the molecule is COc1cc(N)c(Cl)cc1C(=O)N1CCN(c2ccc(F)cc2)CC1. The maximum atomic E-state index is 13.0. The van der Waals surface area contributed by atoms with Crippen molar-refractivity contribution >= 4 is 28.9 Å². The molecule has 1 fully saturated rings. The van der Waals surface area contributed by atoms with Crippen LogP contribution in [0, 0.1) is 5.82 Å². The van der Waals surface area contributed by atoms with Gasteiger partial charge in [0.25, 0.3) is 5.91 Å². The maximum Gasteiger partial charge on any atom is 0.257 e. The molecular weight excluding hydrogens is 345 g/mol. The summed E-state index contributed by atoms with van der Waals surface area (Å²) in [5.41, 5.74) is 7.48. The number of ether oxygens (including phenoxy) is 1. The van der Waals surface area contributed by atoms with Gasteiger partial charge >= 0.3 is 0 Å². The second-order valence-corrected chi connectivity index (χ2v) is 6.24. The fourth-order valence-electron chi connectivity index (χ4n) is 2.90. The van der Waals surface area contributed by atoms with Crippen LogP contribution in [-0.4, -0.2) is 44.1 Å². The number of carbonyl (C=O) groups excluding carboxylic acids is 1. The molecule has 3 rings (SSSR count). The lowest BCUT2D eigenvalue weighted by molar-refractivity contribution is 0.0743. The molecule has 1 aliphatic heterocycles. The molecule has 0 spiro atoms. The van der Waals surface area contributed by atoms with Crippen LogP contribution in [0.5, 0.6) is 5.75 Å². The fourth-order valence-corrected chi connectivity index (χ4v) is 3.06. The number of carbonyl (C=O) groups is 1. The minimum atomic E-state index is -0.259. The third-order valence-corrected chi connectivity index (χ3v) is 4.64. The number of piperazine rings is 1. The Kier molecular flexibility index (Phi) is 4.99. The summed E-state index contributed by atoms with van der Waals surface area (Å²) in [6.45, 7) is 2.45. The number of benzene rings is 2. The smallest absolute Gasteiger partial charge is 0.257 e.